The molecule has 1 amide bonds. The van der Waals surface area contributed by atoms with Crippen LogP contribution in [0.1, 0.15) is 6.92 Å². The lowest BCUT2D eigenvalue weighted by Crippen LogP contribution is -2.53. The molecule has 0 fully saturated rings. The molecular formula is C12H16N4O14S. The largest absolute Gasteiger partial charge is 0.480 e. The molecule has 19 heteroatoms. The van der Waals surface area contributed by atoms with Crippen LogP contribution in [0.15, 0.2) is 0 Å². The maximum absolute atomic E-state index is 11.8. The Balaban J connectivity index is 4.97. The minimum Gasteiger partial charge on any atom is -0.480 e. The van der Waals surface area contributed by atoms with Crippen molar-refractivity contribution in [1.29, 1.82) is 0 Å². The molecule has 0 bridgehead atoms. The summed E-state index contributed by atoms with van der Waals surface area (Å²) < 4.78 is 4.43. The SMILES string of the molecule is CC(=O)N[C@@H](CSCC(=O)C(=O)OCC(CO[N+](=O)[O-])(CO[N+](=O)[O-])[N+](=O)[O-])C(=O)O. The lowest BCUT2D eigenvalue weighted by molar-refractivity contribution is -0.788. The van der Waals surface area contributed by atoms with Crippen LogP contribution in [-0.4, -0.2) is 86.7 Å². The molecule has 174 valence electrons. The first kappa shape index (κ1) is 27.2. The zero-order chi connectivity index (χ0) is 24.2. The van der Waals surface area contributed by atoms with E-state index in [1.807, 2.05) is 0 Å². The number of rotatable bonds is 16. The molecular weight excluding hydrogens is 456 g/mol. The number of amides is 1. The molecule has 31 heavy (non-hydrogen) atoms. The van der Waals surface area contributed by atoms with E-state index in [9.17, 15) is 49.5 Å². The van der Waals surface area contributed by atoms with Crippen LogP contribution < -0.4 is 5.32 Å². The van der Waals surface area contributed by atoms with Crippen molar-refractivity contribution in [2.24, 2.45) is 0 Å². The summed E-state index contributed by atoms with van der Waals surface area (Å²) in [6.45, 7) is -3.07. The van der Waals surface area contributed by atoms with Gasteiger partial charge in [0.05, 0.1) is 5.75 Å². The Kier molecular flexibility index (Phi) is 11.2. The first-order valence-corrected chi connectivity index (χ1v) is 8.93. The van der Waals surface area contributed by atoms with Gasteiger partial charge in [-0.05, 0) is 0 Å². The summed E-state index contributed by atoms with van der Waals surface area (Å²) >= 11 is 0.628. The molecule has 0 rings (SSSR count). The second kappa shape index (κ2) is 12.7. The van der Waals surface area contributed by atoms with Crippen molar-refractivity contribution in [3.63, 3.8) is 0 Å². The van der Waals surface area contributed by atoms with Gasteiger partial charge in [-0.25, -0.2) is 9.59 Å². The number of thioether (sulfide) groups is 1. The second-order valence-electron chi connectivity index (χ2n) is 5.58. The van der Waals surface area contributed by atoms with E-state index < -0.39 is 75.9 Å². The number of hydrogen-bond acceptors (Lipinski definition) is 14. The minimum absolute atomic E-state index is 0.305. The lowest BCUT2D eigenvalue weighted by atomic mass is 10.1. The summed E-state index contributed by atoms with van der Waals surface area (Å²) in [5, 5.41) is 40.0. The smallest absolute Gasteiger partial charge is 0.375 e. The van der Waals surface area contributed by atoms with E-state index in [1.165, 1.54) is 0 Å². The number of carbonyl (C=O) groups excluding carboxylic acids is 3. The summed E-state index contributed by atoms with van der Waals surface area (Å²) in [6.07, 6.45) is 0. The Morgan fingerprint density at radius 1 is 1.03 bits per heavy atom. The van der Waals surface area contributed by atoms with E-state index in [2.05, 4.69) is 19.7 Å². The van der Waals surface area contributed by atoms with E-state index in [4.69, 9.17) is 5.11 Å². The Bertz CT molecular complexity index is 725. The van der Waals surface area contributed by atoms with E-state index in [-0.39, 0.29) is 5.75 Å². The number of ketones is 1. The minimum atomic E-state index is -2.77. The second-order valence-corrected chi connectivity index (χ2v) is 6.61. The molecule has 2 N–H and O–H groups in total. The number of esters is 1. The highest BCUT2D eigenvalue weighted by Gasteiger charge is 2.48. The zero-order valence-corrected chi connectivity index (χ0v) is 16.4. The number of nitrogens with one attached hydrogen (secondary N) is 1. The van der Waals surface area contributed by atoms with Gasteiger partial charge in [-0.15, -0.1) is 20.2 Å². The van der Waals surface area contributed by atoms with Crippen LogP contribution in [0.5, 0.6) is 0 Å². The van der Waals surface area contributed by atoms with Crippen molar-refractivity contribution in [3.05, 3.63) is 30.3 Å². The number of nitrogens with zero attached hydrogens (tertiary/aromatic N) is 3. The predicted molar refractivity (Wildman–Crippen MR) is 94.1 cm³/mol. The fraction of sp³-hybridized carbons (Fsp3) is 0.667. The van der Waals surface area contributed by atoms with Gasteiger partial charge in [-0.2, -0.15) is 11.8 Å². The highest BCUT2D eigenvalue weighted by atomic mass is 32.2. The molecule has 0 aliphatic rings. The van der Waals surface area contributed by atoms with Crippen LogP contribution in [0.3, 0.4) is 0 Å². The highest BCUT2D eigenvalue weighted by molar-refractivity contribution is 8.00. The Hall–Kier alpha value is -3.77. The summed E-state index contributed by atoms with van der Waals surface area (Å²) in [5.74, 6) is -5.88. The monoisotopic (exact) mass is 472 g/mol. The maximum atomic E-state index is 11.8. The predicted octanol–water partition coefficient (Wildman–Crippen LogP) is -2.15. The molecule has 0 aromatic rings. The molecule has 0 heterocycles. The van der Waals surface area contributed by atoms with Crippen molar-refractivity contribution in [2.75, 3.05) is 31.3 Å². The Morgan fingerprint density at radius 2 is 1.55 bits per heavy atom. The maximum Gasteiger partial charge on any atom is 0.375 e. The van der Waals surface area contributed by atoms with Gasteiger partial charge < -0.3 is 24.8 Å². The first-order chi connectivity index (χ1) is 14.3. The third-order valence-electron chi connectivity index (χ3n) is 3.16. The van der Waals surface area contributed by atoms with Gasteiger partial charge in [0.1, 0.15) is 6.04 Å². The van der Waals surface area contributed by atoms with Crippen LogP contribution in [0.2, 0.25) is 0 Å². The molecule has 0 saturated carbocycles. The standard InChI is InChI=1S/C12H16N4O14S/c1-7(17)13-8(10(19)20)2-31-3-9(18)11(21)28-4-12(14(22)23,5-29-15(24)25)6-30-16(26)27/h8H,2-6H2,1H3,(H,13,17)(H,19,20)/t8-/m0/s1. The van der Waals surface area contributed by atoms with Crippen molar-refractivity contribution in [1.82, 2.24) is 5.32 Å². The van der Waals surface area contributed by atoms with Crippen molar-refractivity contribution in [2.45, 2.75) is 18.5 Å². The van der Waals surface area contributed by atoms with Crippen molar-refractivity contribution in [3.8, 4) is 0 Å². The number of carboxylic acids is 1. The Morgan fingerprint density at radius 3 is 1.94 bits per heavy atom. The summed E-state index contributed by atoms with van der Waals surface area (Å²) in [7, 11) is 0. The van der Waals surface area contributed by atoms with E-state index in [1.54, 1.807) is 0 Å². The van der Waals surface area contributed by atoms with Crippen LogP contribution in [0.4, 0.5) is 0 Å². The number of hydrogen-bond donors (Lipinski definition) is 2. The van der Waals surface area contributed by atoms with Crippen LogP contribution in [0, 0.1) is 30.3 Å². The van der Waals surface area contributed by atoms with Crippen molar-refractivity contribution < 1.29 is 53.8 Å². The summed E-state index contributed by atoms with van der Waals surface area (Å²) in [6, 6.07) is -1.35. The van der Waals surface area contributed by atoms with Crippen LogP contribution >= 0.6 is 11.8 Å². The Labute approximate surface area is 175 Å². The number of aliphatic carboxylic acids is 1. The molecule has 0 aliphatic heterocycles. The van der Waals surface area contributed by atoms with Gasteiger partial charge in [0.15, 0.2) is 19.8 Å². The fourth-order valence-electron chi connectivity index (χ4n) is 1.66. The number of Topliss-reactive ketones (excluding diaryl/α,β-unsaturated/α-hetero) is 1. The summed E-state index contributed by atoms with van der Waals surface area (Å²) in [5.41, 5.74) is -2.77. The van der Waals surface area contributed by atoms with Crippen LogP contribution in [-0.2, 0) is 33.6 Å². The molecule has 1 atom stereocenters. The molecule has 0 aromatic heterocycles. The third-order valence-corrected chi connectivity index (χ3v) is 4.19. The number of carboxylic acid groups (broad SMARTS) is 1. The fourth-order valence-corrected chi connectivity index (χ4v) is 2.54. The molecule has 0 saturated heterocycles. The first-order valence-electron chi connectivity index (χ1n) is 7.77. The van der Waals surface area contributed by atoms with Gasteiger partial charge >= 0.3 is 17.5 Å². The van der Waals surface area contributed by atoms with Gasteiger partial charge in [0.25, 0.3) is 10.2 Å². The van der Waals surface area contributed by atoms with Gasteiger partial charge in [-0.3, -0.25) is 19.7 Å². The van der Waals surface area contributed by atoms with Crippen molar-refractivity contribution >= 4 is 35.4 Å². The average molecular weight is 472 g/mol. The molecule has 0 spiro atoms. The van der Waals surface area contributed by atoms with Gasteiger partial charge in [-0.1, -0.05) is 0 Å². The average Bonchev–Trinajstić information content (AvgIpc) is 2.65. The molecule has 0 unspecified atom stereocenters. The summed E-state index contributed by atoms with van der Waals surface area (Å²) in [4.78, 5) is 83.6. The quantitative estimate of drug-likeness (QED) is 0.105. The molecule has 0 radical (unpaired) electrons. The van der Waals surface area contributed by atoms with E-state index in [0.717, 1.165) is 6.92 Å². The van der Waals surface area contributed by atoms with E-state index >= 15 is 0 Å². The number of nitro groups is 1. The highest BCUT2D eigenvalue weighted by Crippen LogP contribution is 2.14. The molecule has 18 nitrogen and oxygen atoms in total. The molecule has 0 aromatic carbocycles. The zero-order valence-electron chi connectivity index (χ0n) is 15.6. The molecule has 0 aliphatic carbocycles. The number of ether oxygens (including phenoxy) is 1. The van der Waals surface area contributed by atoms with Gasteiger partial charge in [0.2, 0.25) is 11.7 Å². The normalized spacial score (nSPS) is 11.5. The topological polar surface area (TPSA) is 258 Å². The third kappa shape index (κ3) is 10.5. The van der Waals surface area contributed by atoms with Crippen LogP contribution in [0.25, 0.3) is 0 Å². The lowest BCUT2D eigenvalue weighted by Gasteiger charge is -2.22. The van der Waals surface area contributed by atoms with E-state index in [0.29, 0.717) is 11.8 Å². The number of carbonyl (C=O) groups is 4. The van der Waals surface area contributed by atoms with Gasteiger partial charge in [0, 0.05) is 17.6 Å².